The minimum absolute atomic E-state index is 0.279. The molecule has 0 aliphatic heterocycles. The maximum atomic E-state index is 14.4. The minimum Gasteiger partial charge on any atom is -0.460 e. The van der Waals surface area contributed by atoms with Crippen molar-refractivity contribution in [2.75, 3.05) is 5.32 Å². The summed E-state index contributed by atoms with van der Waals surface area (Å²) in [4.78, 5) is 17.3. The lowest BCUT2D eigenvalue weighted by atomic mass is 10.1. The van der Waals surface area contributed by atoms with E-state index < -0.39 is 5.82 Å². The maximum Gasteiger partial charge on any atom is 0.180 e. The van der Waals surface area contributed by atoms with E-state index in [9.17, 15) is 4.39 Å². The lowest BCUT2D eigenvalue weighted by Gasteiger charge is -2.12. The predicted molar refractivity (Wildman–Crippen MR) is 105 cm³/mol. The second kappa shape index (κ2) is 6.54. The average Bonchev–Trinajstić information content (AvgIpc) is 3.19. The number of benzene rings is 1. The highest BCUT2D eigenvalue weighted by atomic mass is 35.5. The van der Waals surface area contributed by atoms with E-state index in [0.29, 0.717) is 38.8 Å². The SMILES string of the molecule is Fc1ccc(Cl)cc1-c1cc(Nc2ccnc3ccoc23)c2nccnc2n1. The summed E-state index contributed by atoms with van der Waals surface area (Å²) in [6, 6.07) is 9.60. The van der Waals surface area contributed by atoms with Gasteiger partial charge in [-0.05, 0) is 30.3 Å². The Morgan fingerprint density at radius 3 is 2.75 bits per heavy atom. The molecule has 0 aliphatic carbocycles. The summed E-state index contributed by atoms with van der Waals surface area (Å²) >= 11 is 6.05. The molecule has 0 aliphatic rings. The van der Waals surface area contributed by atoms with Crippen molar-refractivity contribution < 1.29 is 8.81 Å². The van der Waals surface area contributed by atoms with E-state index >= 15 is 0 Å². The molecule has 0 fully saturated rings. The monoisotopic (exact) mass is 391 g/mol. The Hall–Kier alpha value is -3.58. The van der Waals surface area contributed by atoms with Crippen molar-refractivity contribution in [1.29, 1.82) is 0 Å². The molecule has 0 atom stereocenters. The second-order valence-corrected chi connectivity index (χ2v) is 6.46. The molecule has 8 heteroatoms. The number of hydrogen-bond acceptors (Lipinski definition) is 6. The number of fused-ring (bicyclic) bond motifs is 2. The Bertz CT molecular complexity index is 1340. The van der Waals surface area contributed by atoms with Gasteiger partial charge in [0.2, 0.25) is 0 Å². The van der Waals surface area contributed by atoms with E-state index in [0.717, 1.165) is 5.52 Å². The van der Waals surface area contributed by atoms with Gasteiger partial charge >= 0.3 is 0 Å². The zero-order valence-corrected chi connectivity index (χ0v) is 15.0. The van der Waals surface area contributed by atoms with Crippen molar-refractivity contribution in [2.24, 2.45) is 0 Å². The third kappa shape index (κ3) is 2.82. The maximum absolute atomic E-state index is 14.4. The van der Waals surface area contributed by atoms with Crippen molar-refractivity contribution in [1.82, 2.24) is 19.9 Å². The first-order chi connectivity index (χ1) is 13.7. The third-order valence-corrected chi connectivity index (χ3v) is 4.49. The third-order valence-electron chi connectivity index (χ3n) is 4.26. The number of hydrogen-bond donors (Lipinski definition) is 1. The molecule has 28 heavy (non-hydrogen) atoms. The molecule has 4 aromatic heterocycles. The van der Waals surface area contributed by atoms with Crippen LogP contribution in [0.4, 0.5) is 15.8 Å². The van der Waals surface area contributed by atoms with Crippen LogP contribution in [0.15, 0.2) is 65.7 Å². The van der Waals surface area contributed by atoms with Crippen molar-refractivity contribution in [3.05, 3.63) is 72.1 Å². The second-order valence-electron chi connectivity index (χ2n) is 6.03. The predicted octanol–water partition coefficient (Wildman–Crippen LogP) is 5.37. The quantitative estimate of drug-likeness (QED) is 0.445. The fourth-order valence-electron chi connectivity index (χ4n) is 3.00. The van der Waals surface area contributed by atoms with Crippen LogP contribution in [0.25, 0.3) is 33.5 Å². The van der Waals surface area contributed by atoms with Gasteiger partial charge in [0.05, 0.1) is 23.3 Å². The Morgan fingerprint density at radius 2 is 1.82 bits per heavy atom. The van der Waals surface area contributed by atoms with Gasteiger partial charge in [-0.15, -0.1) is 0 Å². The molecule has 5 aromatic rings. The largest absolute Gasteiger partial charge is 0.460 e. The molecule has 4 heterocycles. The number of anilines is 2. The Balaban J connectivity index is 1.71. The standard InChI is InChI=1S/C20H11ClFN5O/c21-11-1-2-13(22)12(9-11)16-10-17(18-20(27-16)25-7-6-24-18)26-15-3-5-23-14-4-8-28-19(14)15/h1-10H,(H,23,25,26,27). The molecular weight excluding hydrogens is 381 g/mol. The number of pyridine rings is 2. The highest BCUT2D eigenvalue weighted by molar-refractivity contribution is 6.30. The van der Waals surface area contributed by atoms with Crippen molar-refractivity contribution in [3.63, 3.8) is 0 Å². The van der Waals surface area contributed by atoms with Crippen LogP contribution in [0, 0.1) is 5.82 Å². The van der Waals surface area contributed by atoms with E-state index in [-0.39, 0.29) is 5.56 Å². The molecule has 0 saturated heterocycles. The molecule has 5 rings (SSSR count). The van der Waals surface area contributed by atoms with Gasteiger partial charge in [-0.25, -0.2) is 19.3 Å². The summed E-state index contributed by atoms with van der Waals surface area (Å²) in [5, 5.41) is 3.70. The fourth-order valence-corrected chi connectivity index (χ4v) is 3.17. The van der Waals surface area contributed by atoms with E-state index in [1.165, 1.54) is 24.4 Å². The van der Waals surface area contributed by atoms with Crippen LogP contribution in [0.2, 0.25) is 5.02 Å². The molecule has 1 N–H and O–H groups in total. The highest BCUT2D eigenvalue weighted by Gasteiger charge is 2.15. The summed E-state index contributed by atoms with van der Waals surface area (Å²) in [5.74, 6) is -0.427. The first-order valence-corrected chi connectivity index (χ1v) is 8.73. The number of furan rings is 1. The van der Waals surface area contributed by atoms with Crippen LogP contribution >= 0.6 is 11.6 Å². The summed E-state index contributed by atoms with van der Waals surface area (Å²) in [7, 11) is 0. The van der Waals surface area contributed by atoms with E-state index in [2.05, 4.69) is 25.3 Å². The molecule has 0 saturated carbocycles. The van der Waals surface area contributed by atoms with Gasteiger partial charge in [-0.2, -0.15) is 0 Å². The Labute approximate surface area is 163 Å². The molecule has 0 unspecified atom stereocenters. The lowest BCUT2D eigenvalue weighted by Crippen LogP contribution is -1.99. The Morgan fingerprint density at radius 1 is 0.929 bits per heavy atom. The number of nitrogens with zero attached hydrogens (tertiary/aromatic N) is 4. The highest BCUT2D eigenvalue weighted by Crippen LogP contribution is 2.33. The van der Waals surface area contributed by atoms with Crippen molar-refractivity contribution in [2.45, 2.75) is 0 Å². The van der Waals surface area contributed by atoms with E-state index in [4.69, 9.17) is 16.0 Å². The van der Waals surface area contributed by atoms with Crippen LogP contribution in [0.3, 0.4) is 0 Å². The van der Waals surface area contributed by atoms with Gasteiger partial charge in [-0.1, -0.05) is 11.6 Å². The van der Waals surface area contributed by atoms with Gasteiger partial charge in [0, 0.05) is 35.2 Å². The summed E-state index contributed by atoms with van der Waals surface area (Å²) in [6.45, 7) is 0. The number of rotatable bonds is 3. The summed E-state index contributed by atoms with van der Waals surface area (Å²) < 4.78 is 19.9. The molecule has 1 aromatic carbocycles. The topological polar surface area (TPSA) is 76.7 Å². The van der Waals surface area contributed by atoms with Crippen molar-refractivity contribution >= 4 is 45.2 Å². The van der Waals surface area contributed by atoms with Crippen LogP contribution in [-0.2, 0) is 0 Å². The van der Waals surface area contributed by atoms with Gasteiger partial charge in [-0.3, -0.25) is 4.98 Å². The molecule has 0 radical (unpaired) electrons. The first-order valence-electron chi connectivity index (χ1n) is 8.35. The number of halogens is 2. The van der Waals surface area contributed by atoms with Gasteiger partial charge in [0.1, 0.15) is 16.9 Å². The molecule has 0 bridgehead atoms. The molecule has 0 amide bonds. The number of nitrogens with one attached hydrogen (secondary N) is 1. The molecular formula is C20H11ClFN5O. The van der Waals surface area contributed by atoms with Crippen LogP contribution in [-0.4, -0.2) is 19.9 Å². The molecule has 136 valence electrons. The number of aromatic nitrogens is 4. The zero-order valence-electron chi connectivity index (χ0n) is 14.2. The molecule has 6 nitrogen and oxygen atoms in total. The smallest absolute Gasteiger partial charge is 0.180 e. The zero-order chi connectivity index (χ0) is 19.1. The van der Waals surface area contributed by atoms with E-state index in [1.807, 2.05) is 0 Å². The fraction of sp³-hybridized carbons (Fsp3) is 0. The van der Waals surface area contributed by atoms with Gasteiger partial charge in [0.25, 0.3) is 0 Å². The lowest BCUT2D eigenvalue weighted by molar-refractivity contribution is 0.616. The van der Waals surface area contributed by atoms with Crippen LogP contribution < -0.4 is 5.32 Å². The average molecular weight is 392 g/mol. The summed E-state index contributed by atoms with van der Waals surface area (Å²) in [6.07, 6.45) is 6.35. The summed E-state index contributed by atoms with van der Waals surface area (Å²) in [5.41, 5.74) is 4.22. The first kappa shape index (κ1) is 16.6. The van der Waals surface area contributed by atoms with Gasteiger partial charge < -0.3 is 9.73 Å². The minimum atomic E-state index is -0.427. The van der Waals surface area contributed by atoms with Gasteiger partial charge in [0.15, 0.2) is 11.2 Å². The normalized spacial score (nSPS) is 11.2. The Kier molecular flexibility index (Phi) is 3.87. The van der Waals surface area contributed by atoms with E-state index in [1.54, 1.807) is 36.9 Å². The van der Waals surface area contributed by atoms with Crippen LogP contribution in [0.1, 0.15) is 0 Å². The molecule has 0 spiro atoms. The van der Waals surface area contributed by atoms with Crippen LogP contribution in [0.5, 0.6) is 0 Å². The van der Waals surface area contributed by atoms with Crippen molar-refractivity contribution in [3.8, 4) is 11.3 Å².